The molecule has 0 aliphatic rings. The van der Waals surface area contributed by atoms with Gasteiger partial charge in [-0.2, -0.15) is 0 Å². The molecule has 0 fully saturated rings. The van der Waals surface area contributed by atoms with Crippen molar-refractivity contribution >= 4 is 14.7 Å². The van der Waals surface area contributed by atoms with Gasteiger partial charge in [-0.05, 0) is 46.4 Å². The first-order valence-corrected chi connectivity index (χ1v) is 7.98. The van der Waals surface area contributed by atoms with Gasteiger partial charge in [-0.1, -0.05) is 13.3 Å². The first-order valence-electron chi connectivity index (χ1n) is 6.56. The lowest BCUT2D eigenvalue weighted by molar-refractivity contribution is 0.0403. The molecule has 0 aliphatic heterocycles. The van der Waals surface area contributed by atoms with Gasteiger partial charge in [0.2, 0.25) is 0 Å². The summed E-state index contributed by atoms with van der Waals surface area (Å²) >= 11 is 0. The van der Waals surface area contributed by atoms with E-state index >= 15 is 0 Å². The van der Waals surface area contributed by atoms with Crippen LogP contribution in [0.25, 0.3) is 0 Å². The maximum Gasteiger partial charge on any atom is 0.407 e. The molecule has 18 heavy (non-hydrogen) atoms. The van der Waals surface area contributed by atoms with Crippen molar-refractivity contribution in [3.63, 3.8) is 0 Å². The number of carbonyl (C=O) groups excluding carboxylic acids is 1. The Kier molecular flexibility index (Phi) is 7.81. The molecule has 0 aliphatic carbocycles. The number of ether oxygens (including phenoxy) is 1. The number of aliphatic hydroxyl groups is 1. The van der Waals surface area contributed by atoms with Gasteiger partial charge in [0.1, 0.15) is 5.60 Å². The van der Waals surface area contributed by atoms with Crippen molar-refractivity contribution in [2.24, 2.45) is 0 Å². The molecular weight excluding hydrogens is 249 g/mol. The van der Waals surface area contributed by atoms with Crippen molar-refractivity contribution in [3.8, 4) is 0 Å². The lowest BCUT2D eigenvalue weighted by Gasteiger charge is -2.25. The molecule has 0 rings (SSSR count). The highest BCUT2D eigenvalue weighted by atomic mass is 31.1. The van der Waals surface area contributed by atoms with Crippen LogP contribution >= 0.6 is 8.58 Å². The zero-order chi connectivity index (χ0) is 14.2. The number of unbranched alkanes of at least 4 members (excludes halogenated alkanes) is 1. The van der Waals surface area contributed by atoms with E-state index in [9.17, 15) is 9.90 Å². The van der Waals surface area contributed by atoms with Gasteiger partial charge in [0, 0.05) is 6.54 Å². The van der Waals surface area contributed by atoms with Crippen LogP contribution in [0.3, 0.4) is 0 Å². The summed E-state index contributed by atoms with van der Waals surface area (Å²) in [6, 6.07) is 0. The SMILES string of the molecule is CCCCPCC(C)(O)CNC(=O)OC(C)(C)C. The topological polar surface area (TPSA) is 58.6 Å². The van der Waals surface area contributed by atoms with Crippen molar-refractivity contribution in [1.29, 1.82) is 0 Å². The summed E-state index contributed by atoms with van der Waals surface area (Å²) in [5.41, 5.74) is -1.35. The van der Waals surface area contributed by atoms with Gasteiger partial charge in [0.25, 0.3) is 0 Å². The third kappa shape index (κ3) is 10.8. The minimum absolute atomic E-state index is 0.237. The molecule has 2 unspecified atom stereocenters. The monoisotopic (exact) mass is 277 g/mol. The third-order valence-corrected chi connectivity index (χ3v) is 3.94. The molecule has 0 saturated heterocycles. The van der Waals surface area contributed by atoms with Crippen molar-refractivity contribution in [2.75, 3.05) is 18.9 Å². The Hall–Kier alpha value is -0.340. The number of hydrogen-bond donors (Lipinski definition) is 2. The Labute approximate surface area is 113 Å². The molecule has 108 valence electrons. The van der Waals surface area contributed by atoms with Crippen LogP contribution in [0.15, 0.2) is 0 Å². The highest BCUT2D eigenvalue weighted by molar-refractivity contribution is 7.38. The lowest BCUT2D eigenvalue weighted by atomic mass is 10.1. The highest BCUT2D eigenvalue weighted by Gasteiger charge is 2.22. The molecule has 4 nitrogen and oxygen atoms in total. The van der Waals surface area contributed by atoms with E-state index in [-0.39, 0.29) is 6.54 Å². The summed E-state index contributed by atoms with van der Waals surface area (Å²) in [5.74, 6) is 0. The van der Waals surface area contributed by atoms with Crippen LogP contribution in [0, 0.1) is 0 Å². The van der Waals surface area contributed by atoms with Gasteiger partial charge in [-0.15, -0.1) is 8.58 Å². The van der Waals surface area contributed by atoms with E-state index < -0.39 is 17.3 Å². The predicted molar refractivity (Wildman–Crippen MR) is 77.8 cm³/mol. The number of alkyl carbamates (subject to hydrolysis) is 1. The molecule has 0 aromatic carbocycles. The molecule has 0 aromatic heterocycles. The average Bonchev–Trinajstić information content (AvgIpc) is 2.20. The fourth-order valence-electron chi connectivity index (χ4n) is 1.30. The van der Waals surface area contributed by atoms with E-state index in [2.05, 4.69) is 12.2 Å². The molecule has 2 atom stereocenters. The summed E-state index contributed by atoms with van der Waals surface area (Å²) in [5, 5.41) is 12.7. The fourth-order valence-corrected chi connectivity index (χ4v) is 2.74. The van der Waals surface area contributed by atoms with Gasteiger partial charge in [0.05, 0.1) is 5.60 Å². The predicted octanol–water partition coefficient (Wildman–Crippen LogP) is 2.74. The number of nitrogens with one attached hydrogen (secondary N) is 1. The Balaban J connectivity index is 3.84. The lowest BCUT2D eigenvalue weighted by Crippen LogP contribution is -2.44. The van der Waals surface area contributed by atoms with Crippen LogP contribution in [-0.2, 0) is 4.74 Å². The third-order valence-electron chi connectivity index (χ3n) is 2.23. The zero-order valence-corrected chi connectivity index (χ0v) is 13.3. The molecular formula is C13H28NO3P. The largest absolute Gasteiger partial charge is 0.444 e. The van der Waals surface area contributed by atoms with Crippen LogP contribution < -0.4 is 5.32 Å². The second-order valence-electron chi connectivity index (χ2n) is 5.88. The number of carbonyl (C=O) groups is 1. The Morgan fingerprint density at radius 3 is 2.44 bits per heavy atom. The Morgan fingerprint density at radius 1 is 1.33 bits per heavy atom. The van der Waals surface area contributed by atoms with Crippen molar-refractivity contribution in [3.05, 3.63) is 0 Å². The van der Waals surface area contributed by atoms with Crippen molar-refractivity contribution < 1.29 is 14.6 Å². The minimum Gasteiger partial charge on any atom is -0.444 e. The number of amides is 1. The Bertz CT molecular complexity index is 249. The first-order chi connectivity index (χ1) is 8.16. The van der Waals surface area contributed by atoms with Gasteiger partial charge in [-0.25, -0.2) is 4.79 Å². The van der Waals surface area contributed by atoms with Gasteiger partial charge in [-0.3, -0.25) is 0 Å². The fraction of sp³-hybridized carbons (Fsp3) is 0.923. The smallest absolute Gasteiger partial charge is 0.407 e. The van der Waals surface area contributed by atoms with Gasteiger partial charge < -0.3 is 15.2 Å². The highest BCUT2D eigenvalue weighted by Crippen LogP contribution is 2.20. The van der Waals surface area contributed by atoms with Crippen LogP contribution in [0.1, 0.15) is 47.5 Å². The van der Waals surface area contributed by atoms with E-state index in [0.29, 0.717) is 0 Å². The van der Waals surface area contributed by atoms with E-state index in [0.717, 1.165) is 20.9 Å². The molecule has 1 amide bonds. The number of rotatable bonds is 7. The summed E-state index contributed by atoms with van der Waals surface area (Å²) in [6.07, 6.45) is 3.79. The maximum atomic E-state index is 11.4. The van der Waals surface area contributed by atoms with E-state index in [1.54, 1.807) is 6.92 Å². The molecule has 0 saturated carbocycles. The normalized spacial score (nSPS) is 15.7. The van der Waals surface area contributed by atoms with E-state index in [1.807, 2.05) is 20.8 Å². The number of hydrogen-bond acceptors (Lipinski definition) is 3. The Morgan fingerprint density at radius 2 is 1.94 bits per heavy atom. The summed E-state index contributed by atoms with van der Waals surface area (Å²) in [6.45, 7) is 9.60. The summed E-state index contributed by atoms with van der Waals surface area (Å²) < 4.78 is 5.12. The summed E-state index contributed by atoms with van der Waals surface area (Å²) in [4.78, 5) is 11.4. The van der Waals surface area contributed by atoms with E-state index in [4.69, 9.17) is 4.74 Å². The molecule has 0 heterocycles. The molecule has 0 aromatic rings. The first kappa shape index (κ1) is 17.7. The van der Waals surface area contributed by atoms with Crippen LogP contribution in [0.2, 0.25) is 0 Å². The van der Waals surface area contributed by atoms with Gasteiger partial charge in [0.15, 0.2) is 0 Å². The molecule has 0 bridgehead atoms. The van der Waals surface area contributed by atoms with Crippen molar-refractivity contribution in [1.82, 2.24) is 5.32 Å². The average molecular weight is 277 g/mol. The molecule has 2 N–H and O–H groups in total. The van der Waals surface area contributed by atoms with Crippen LogP contribution in [-0.4, -0.2) is 41.3 Å². The second-order valence-corrected chi connectivity index (χ2v) is 7.24. The quantitative estimate of drug-likeness (QED) is 0.555. The second kappa shape index (κ2) is 7.96. The van der Waals surface area contributed by atoms with Gasteiger partial charge >= 0.3 is 6.09 Å². The van der Waals surface area contributed by atoms with Crippen LogP contribution in [0.4, 0.5) is 4.79 Å². The van der Waals surface area contributed by atoms with Crippen molar-refractivity contribution in [2.45, 2.75) is 58.7 Å². The standard InChI is InChI=1S/C13H28NO3P/c1-6-7-8-18-10-13(5,16)9-14-11(15)17-12(2,3)4/h16,18H,6-10H2,1-5H3,(H,14,15). The minimum atomic E-state index is -0.844. The summed E-state index contributed by atoms with van der Waals surface area (Å²) in [7, 11) is 0.741. The zero-order valence-electron chi connectivity index (χ0n) is 12.3. The van der Waals surface area contributed by atoms with E-state index in [1.165, 1.54) is 12.8 Å². The maximum absolute atomic E-state index is 11.4. The molecule has 0 spiro atoms. The molecule has 5 heteroatoms. The molecule has 0 radical (unpaired) electrons. The van der Waals surface area contributed by atoms with Crippen LogP contribution in [0.5, 0.6) is 0 Å².